The first kappa shape index (κ1) is 20.3. The fourth-order valence-electron chi connectivity index (χ4n) is 1.84. The highest BCUT2D eigenvalue weighted by Gasteiger charge is 2.12. The van der Waals surface area contributed by atoms with Gasteiger partial charge in [0.1, 0.15) is 4.32 Å². The number of hydrogen-bond donors (Lipinski definition) is 4. The van der Waals surface area contributed by atoms with Crippen molar-refractivity contribution in [1.29, 1.82) is 0 Å². The predicted octanol–water partition coefficient (Wildman–Crippen LogP) is 3.41. The minimum absolute atomic E-state index is 0.143. The average molecular weight is 343 g/mol. The number of thiocarbonyl (C=S) groups is 1. The zero-order valence-corrected chi connectivity index (χ0v) is 14.4. The molecule has 0 aliphatic carbocycles. The molecule has 0 saturated heterocycles. The summed E-state index contributed by atoms with van der Waals surface area (Å²) in [6.45, 7) is 1.05. The van der Waals surface area contributed by atoms with Gasteiger partial charge in [-0.2, -0.15) is 0 Å². The minimum Gasteiger partial charge on any atom is -0.371 e. The molecule has 0 bridgehead atoms. The highest BCUT2D eigenvalue weighted by atomic mass is 32.1. The van der Waals surface area contributed by atoms with Gasteiger partial charge in [-0.05, 0) is 12.8 Å². The molecule has 0 fully saturated rings. The van der Waals surface area contributed by atoms with Gasteiger partial charge in [-0.15, -0.1) is 12.6 Å². The highest BCUT2D eigenvalue weighted by Crippen LogP contribution is 2.35. The fraction of sp³-hybridized carbons (Fsp3) is 0.917. The Bertz CT molecular complexity index is 299. The molecule has 0 unspecified atom stereocenters. The van der Waals surface area contributed by atoms with Crippen LogP contribution in [0.2, 0.25) is 0 Å². The van der Waals surface area contributed by atoms with E-state index >= 15 is 0 Å². The maximum Gasteiger partial charge on any atom is 0.469 e. The van der Waals surface area contributed by atoms with E-state index < -0.39 is 7.82 Å². The number of thiol groups is 1. The van der Waals surface area contributed by atoms with E-state index in [0.717, 1.165) is 25.8 Å². The molecule has 0 amide bonds. The van der Waals surface area contributed by atoms with Crippen LogP contribution >= 0.6 is 32.7 Å². The van der Waals surface area contributed by atoms with Crippen molar-refractivity contribution in [2.24, 2.45) is 0 Å². The van der Waals surface area contributed by atoms with Crippen molar-refractivity contribution >= 4 is 37.0 Å². The summed E-state index contributed by atoms with van der Waals surface area (Å²) in [5.41, 5.74) is 0. The molecule has 0 aromatic carbocycles. The molecule has 0 spiro atoms. The fourth-order valence-corrected chi connectivity index (χ4v) is 2.42. The number of rotatable bonds is 13. The van der Waals surface area contributed by atoms with E-state index in [4.69, 9.17) is 22.0 Å². The zero-order chi connectivity index (χ0) is 15.3. The van der Waals surface area contributed by atoms with Crippen molar-refractivity contribution in [1.82, 2.24) is 5.32 Å². The van der Waals surface area contributed by atoms with Gasteiger partial charge in [-0.3, -0.25) is 4.52 Å². The number of unbranched alkanes of at least 4 members (excludes halogenated alkanes) is 8. The number of phosphoric acid groups is 1. The third-order valence-electron chi connectivity index (χ3n) is 2.86. The standard InChI is InChI=1S/C12H26NO4PS2/c14-18(15,16)17-11-9-7-5-3-1-2-4-6-8-10-13-12(19)20/h1-11H2,(H2,13,19,20)(H2,14,15,16). The highest BCUT2D eigenvalue weighted by molar-refractivity contribution is 8.11. The van der Waals surface area contributed by atoms with E-state index in [9.17, 15) is 4.57 Å². The summed E-state index contributed by atoms with van der Waals surface area (Å²) in [7, 11) is -4.27. The second kappa shape index (κ2) is 13.0. The average Bonchev–Trinajstić information content (AvgIpc) is 2.33. The first-order chi connectivity index (χ1) is 9.42. The van der Waals surface area contributed by atoms with E-state index in [1.165, 1.54) is 32.1 Å². The lowest BCUT2D eigenvalue weighted by atomic mass is 10.1. The van der Waals surface area contributed by atoms with Crippen LogP contribution in [-0.4, -0.2) is 27.3 Å². The van der Waals surface area contributed by atoms with Crippen LogP contribution in [0, 0.1) is 0 Å². The van der Waals surface area contributed by atoms with Crippen LogP contribution in [0.15, 0.2) is 0 Å². The molecular formula is C12H26NO4PS2. The second-order valence-corrected chi connectivity index (χ2v) is 7.14. The van der Waals surface area contributed by atoms with Gasteiger partial charge in [0.05, 0.1) is 6.61 Å². The van der Waals surface area contributed by atoms with Crippen molar-refractivity contribution in [3.8, 4) is 0 Å². The lowest BCUT2D eigenvalue weighted by Gasteiger charge is -2.05. The zero-order valence-electron chi connectivity index (χ0n) is 11.8. The Morgan fingerprint density at radius 1 is 1.00 bits per heavy atom. The maximum absolute atomic E-state index is 10.4. The molecule has 0 aromatic rings. The van der Waals surface area contributed by atoms with Crippen molar-refractivity contribution in [2.45, 2.75) is 57.8 Å². The molecular weight excluding hydrogens is 317 g/mol. The summed E-state index contributed by atoms with van der Waals surface area (Å²) in [6, 6.07) is 0. The van der Waals surface area contributed by atoms with Gasteiger partial charge in [0, 0.05) is 6.54 Å². The summed E-state index contributed by atoms with van der Waals surface area (Å²) in [4.78, 5) is 17.0. The summed E-state index contributed by atoms with van der Waals surface area (Å²) in [5, 5.41) is 3.02. The number of nitrogens with one attached hydrogen (secondary N) is 1. The molecule has 0 radical (unpaired) electrons. The molecule has 0 saturated carbocycles. The topological polar surface area (TPSA) is 78.8 Å². The first-order valence-corrected chi connectivity index (χ1v) is 9.47. The molecule has 0 rings (SSSR count). The molecule has 120 valence electrons. The monoisotopic (exact) mass is 343 g/mol. The van der Waals surface area contributed by atoms with Crippen molar-refractivity contribution < 1.29 is 18.9 Å². The Hall–Kier alpha value is 0.350. The SMILES string of the molecule is O=P(O)(O)OCCCCCCCCCCCNC(=S)S. The van der Waals surface area contributed by atoms with Crippen LogP contribution < -0.4 is 5.32 Å². The Labute approximate surface area is 132 Å². The van der Waals surface area contributed by atoms with Gasteiger partial charge >= 0.3 is 7.82 Å². The van der Waals surface area contributed by atoms with Crippen LogP contribution in [0.1, 0.15) is 57.8 Å². The lowest BCUT2D eigenvalue weighted by Crippen LogP contribution is -2.17. The van der Waals surface area contributed by atoms with Gasteiger partial charge in [-0.1, -0.05) is 57.2 Å². The maximum atomic E-state index is 10.4. The van der Waals surface area contributed by atoms with Crippen molar-refractivity contribution in [3.63, 3.8) is 0 Å². The van der Waals surface area contributed by atoms with Gasteiger partial charge in [0.25, 0.3) is 0 Å². The molecule has 0 atom stereocenters. The Morgan fingerprint density at radius 2 is 1.45 bits per heavy atom. The first-order valence-electron chi connectivity index (χ1n) is 7.09. The third-order valence-corrected chi connectivity index (χ3v) is 3.68. The van der Waals surface area contributed by atoms with E-state index in [0.29, 0.717) is 10.7 Å². The van der Waals surface area contributed by atoms with E-state index in [-0.39, 0.29) is 6.61 Å². The predicted molar refractivity (Wildman–Crippen MR) is 89.1 cm³/mol. The van der Waals surface area contributed by atoms with E-state index in [1.54, 1.807) is 0 Å². The summed E-state index contributed by atoms with van der Waals surface area (Å²) in [6.07, 6.45) is 9.98. The summed E-state index contributed by atoms with van der Waals surface area (Å²) in [5.74, 6) is 0. The summed E-state index contributed by atoms with van der Waals surface area (Å²) >= 11 is 8.78. The molecule has 0 aromatic heterocycles. The van der Waals surface area contributed by atoms with Crippen LogP contribution in [-0.2, 0) is 9.09 Å². The molecule has 0 heterocycles. The molecule has 5 nitrogen and oxygen atoms in total. The van der Waals surface area contributed by atoms with Gasteiger partial charge in [-0.25, -0.2) is 4.57 Å². The largest absolute Gasteiger partial charge is 0.469 e. The molecule has 3 N–H and O–H groups in total. The normalized spacial score (nSPS) is 11.6. The minimum atomic E-state index is -4.27. The van der Waals surface area contributed by atoms with Crippen molar-refractivity contribution in [3.05, 3.63) is 0 Å². The van der Waals surface area contributed by atoms with Crippen LogP contribution in [0.25, 0.3) is 0 Å². The second-order valence-electron chi connectivity index (χ2n) is 4.74. The van der Waals surface area contributed by atoms with Crippen LogP contribution in [0.5, 0.6) is 0 Å². The molecule has 20 heavy (non-hydrogen) atoms. The Balaban J connectivity index is 3.06. The van der Waals surface area contributed by atoms with E-state index in [1.807, 2.05) is 0 Å². The van der Waals surface area contributed by atoms with Crippen LogP contribution in [0.4, 0.5) is 0 Å². The Kier molecular flexibility index (Phi) is 13.3. The molecule has 0 aliphatic rings. The lowest BCUT2D eigenvalue weighted by molar-refractivity contribution is 0.193. The van der Waals surface area contributed by atoms with E-state index in [2.05, 4.69) is 22.5 Å². The third kappa shape index (κ3) is 18.4. The molecule has 8 heteroatoms. The summed E-state index contributed by atoms with van der Waals surface area (Å²) < 4.78 is 15.3. The van der Waals surface area contributed by atoms with Crippen molar-refractivity contribution in [2.75, 3.05) is 13.2 Å². The van der Waals surface area contributed by atoms with Gasteiger partial charge < -0.3 is 15.1 Å². The van der Waals surface area contributed by atoms with Gasteiger partial charge in [0.15, 0.2) is 0 Å². The smallest absolute Gasteiger partial charge is 0.371 e. The quantitative estimate of drug-likeness (QED) is 0.178. The van der Waals surface area contributed by atoms with Gasteiger partial charge in [0.2, 0.25) is 0 Å². The molecule has 0 aliphatic heterocycles. The van der Waals surface area contributed by atoms with Crippen LogP contribution in [0.3, 0.4) is 0 Å². The number of phosphoric ester groups is 1. The Morgan fingerprint density at radius 3 is 1.90 bits per heavy atom. The number of hydrogen-bond acceptors (Lipinski definition) is 3.